The van der Waals surface area contributed by atoms with Crippen LogP contribution in [0.2, 0.25) is 0 Å². The zero-order chi connectivity index (χ0) is 23.3. The van der Waals surface area contributed by atoms with E-state index >= 15 is 0 Å². The standard InChI is InChI=1S/C26H21FN4O3/c1-25(14-32-15-25)7-6-16-11-20-23(30-13-16)34-21-5-4-17(18-3-2-9-29-22(18)27)12-19(21)26(20)8-10-33-24(28)31-26/h2-5,9,11-13H,8,10,14-15H2,1H3,(H2,28,31). The molecule has 1 spiro atoms. The number of aromatic nitrogens is 2. The minimum absolute atomic E-state index is 0.0821. The Morgan fingerprint density at radius 3 is 2.76 bits per heavy atom. The highest BCUT2D eigenvalue weighted by atomic mass is 19.1. The van der Waals surface area contributed by atoms with Gasteiger partial charge in [-0.05, 0) is 42.8 Å². The fourth-order valence-electron chi connectivity index (χ4n) is 4.53. The Labute approximate surface area is 195 Å². The maximum absolute atomic E-state index is 14.5. The minimum atomic E-state index is -0.895. The summed E-state index contributed by atoms with van der Waals surface area (Å²) in [5.74, 6) is 6.99. The highest BCUT2D eigenvalue weighted by molar-refractivity contribution is 5.76. The molecule has 2 N–H and O–H groups in total. The number of nitrogens with zero attached hydrogens (tertiary/aromatic N) is 3. The number of fused-ring (bicyclic) bond motifs is 4. The lowest BCUT2D eigenvalue weighted by molar-refractivity contribution is -0.0648. The summed E-state index contributed by atoms with van der Waals surface area (Å²) in [4.78, 5) is 13.1. The van der Waals surface area contributed by atoms with Gasteiger partial charge in [-0.2, -0.15) is 4.39 Å². The molecule has 3 aliphatic rings. The lowest BCUT2D eigenvalue weighted by atomic mass is 9.77. The van der Waals surface area contributed by atoms with Crippen molar-refractivity contribution < 1.29 is 18.6 Å². The summed E-state index contributed by atoms with van der Waals surface area (Å²) >= 11 is 0. The Morgan fingerprint density at radius 1 is 1.12 bits per heavy atom. The van der Waals surface area contributed by atoms with Crippen molar-refractivity contribution in [3.8, 4) is 34.6 Å². The van der Waals surface area contributed by atoms with Gasteiger partial charge in [0.1, 0.15) is 11.3 Å². The molecule has 0 bridgehead atoms. The van der Waals surface area contributed by atoms with E-state index in [1.807, 2.05) is 12.1 Å². The molecule has 170 valence electrons. The molecular weight excluding hydrogens is 435 g/mol. The van der Waals surface area contributed by atoms with Crippen LogP contribution >= 0.6 is 0 Å². The molecule has 5 heterocycles. The smallest absolute Gasteiger partial charge is 0.283 e. The first-order valence-electron chi connectivity index (χ1n) is 11.0. The van der Waals surface area contributed by atoms with E-state index in [9.17, 15) is 4.39 Å². The van der Waals surface area contributed by atoms with Crippen molar-refractivity contribution in [3.63, 3.8) is 0 Å². The molecule has 8 heteroatoms. The number of hydrogen-bond acceptors (Lipinski definition) is 7. The average molecular weight is 456 g/mol. The third-order valence-electron chi connectivity index (χ3n) is 6.36. The SMILES string of the molecule is CC1(C#Cc2cnc3c(c2)C2(CCOC(N)=N2)c2cc(-c4cccnc4F)ccc2O3)COC1. The van der Waals surface area contributed by atoms with Crippen LogP contribution in [0.1, 0.15) is 30.0 Å². The fraction of sp³-hybridized carbons (Fsp3) is 0.269. The molecule has 1 aromatic carbocycles. The Morgan fingerprint density at radius 2 is 2.00 bits per heavy atom. The molecule has 1 unspecified atom stereocenters. The number of ether oxygens (including phenoxy) is 3. The number of aliphatic imine (C=N–C) groups is 1. The van der Waals surface area contributed by atoms with E-state index in [-0.39, 0.29) is 11.4 Å². The van der Waals surface area contributed by atoms with Gasteiger partial charge in [0.15, 0.2) is 0 Å². The molecule has 0 aliphatic carbocycles. The van der Waals surface area contributed by atoms with Crippen LogP contribution in [0.3, 0.4) is 0 Å². The third kappa shape index (κ3) is 3.28. The molecule has 7 nitrogen and oxygen atoms in total. The van der Waals surface area contributed by atoms with E-state index in [0.717, 1.165) is 16.7 Å². The number of rotatable bonds is 1. The van der Waals surface area contributed by atoms with Crippen molar-refractivity contribution in [2.45, 2.75) is 18.9 Å². The van der Waals surface area contributed by atoms with Gasteiger partial charge in [-0.15, -0.1) is 0 Å². The minimum Gasteiger partial charge on any atom is -0.465 e. The van der Waals surface area contributed by atoms with Crippen LogP contribution in [-0.4, -0.2) is 35.8 Å². The number of halogens is 1. The first-order chi connectivity index (χ1) is 16.5. The van der Waals surface area contributed by atoms with Crippen molar-refractivity contribution >= 4 is 6.02 Å². The van der Waals surface area contributed by atoms with E-state index in [2.05, 4.69) is 28.7 Å². The number of amidine groups is 1. The van der Waals surface area contributed by atoms with Gasteiger partial charge in [0.2, 0.25) is 11.8 Å². The molecule has 1 fully saturated rings. The number of nitrogens with two attached hydrogens (primary N) is 1. The molecule has 1 atom stereocenters. The van der Waals surface area contributed by atoms with E-state index in [1.165, 1.54) is 6.20 Å². The second-order valence-electron chi connectivity index (χ2n) is 8.94. The quantitative estimate of drug-likeness (QED) is 0.443. The molecule has 1 saturated heterocycles. The molecule has 6 rings (SSSR count). The van der Waals surface area contributed by atoms with E-state index in [1.54, 1.807) is 30.5 Å². The van der Waals surface area contributed by atoms with Gasteiger partial charge < -0.3 is 19.9 Å². The average Bonchev–Trinajstić information content (AvgIpc) is 2.82. The van der Waals surface area contributed by atoms with E-state index in [4.69, 9.17) is 24.9 Å². The monoisotopic (exact) mass is 456 g/mol. The summed E-state index contributed by atoms with van der Waals surface area (Å²) in [6.45, 7) is 3.67. The summed E-state index contributed by atoms with van der Waals surface area (Å²) < 4.78 is 31.4. The van der Waals surface area contributed by atoms with Crippen molar-refractivity contribution in [2.75, 3.05) is 19.8 Å². The molecular formula is C26H21FN4O3. The lowest BCUT2D eigenvalue weighted by Crippen LogP contribution is -2.39. The van der Waals surface area contributed by atoms with Crippen molar-refractivity contribution in [3.05, 3.63) is 71.4 Å². The summed E-state index contributed by atoms with van der Waals surface area (Å²) in [5, 5.41) is 0. The second-order valence-corrected chi connectivity index (χ2v) is 8.94. The van der Waals surface area contributed by atoms with Crippen LogP contribution in [-0.2, 0) is 15.0 Å². The van der Waals surface area contributed by atoms with Crippen molar-refractivity contribution in [1.82, 2.24) is 9.97 Å². The Balaban J connectivity index is 1.52. The van der Waals surface area contributed by atoms with Crippen LogP contribution in [0.25, 0.3) is 11.1 Å². The lowest BCUT2D eigenvalue weighted by Gasteiger charge is -2.39. The summed E-state index contributed by atoms with van der Waals surface area (Å²) in [6.07, 6.45) is 3.63. The predicted molar refractivity (Wildman–Crippen MR) is 123 cm³/mol. The summed E-state index contributed by atoms with van der Waals surface area (Å²) in [6, 6.07) is 10.9. The van der Waals surface area contributed by atoms with Gasteiger partial charge in [-0.1, -0.05) is 17.9 Å². The Bertz CT molecular complexity index is 1410. The topological polar surface area (TPSA) is 91.9 Å². The van der Waals surface area contributed by atoms with Crippen LogP contribution < -0.4 is 10.5 Å². The predicted octanol–water partition coefficient (Wildman–Crippen LogP) is 3.76. The Kier molecular flexibility index (Phi) is 4.57. The molecule has 2 aromatic heterocycles. The summed E-state index contributed by atoms with van der Waals surface area (Å²) in [7, 11) is 0. The van der Waals surface area contributed by atoms with Crippen LogP contribution in [0.15, 0.2) is 53.8 Å². The van der Waals surface area contributed by atoms with E-state index in [0.29, 0.717) is 49.0 Å². The fourth-order valence-corrected chi connectivity index (χ4v) is 4.53. The molecule has 3 aromatic rings. The first-order valence-corrected chi connectivity index (χ1v) is 11.0. The van der Waals surface area contributed by atoms with E-state index < -0.39 is 11.5 Å². The number of hydrogen-bond donors (Lipinski definition) is 1. The van der Waals surface area contributed by atoms with Crippen molar-refractivity contribution in [2.24, 2.45) is 16.1 Å². The van der Waals surface area contributed by atoms with Crippen LogP contribution in [0, 0.1) is 23.2 Å². The largest absolute Gasteiger partial charge is 0.465 e. The van der Waals surface area contributed by atoms with Gasteiger partial charge in [-0.3, -0.25) is 0 Å². The first kappa shape index (κ1) is 20.6. The van der Waals surface area contributed by atoms with Gasteiger partial charge >= 0.3 is 0 Å². The zero-order valence-electron chi connectivity index (χ0n) is 18.5. The highest BCUT2D eigenvalue weighted by Gasteiger charge is 2.45. The number of pyridine rings is 2. The summed E-state index contributed by atoms with van der Waals surface area (Å²) in [5.41, 5.74) is 8.33. The Hall–Kier alpha value is -3.96. The maximum Gasteiger partial charge on any atom is 0.283 e. The van der Waals surface area contributed by atoms with Gasteiger partial charge in [-0.25, -0.2) is 15.0 Å². The normalized spacial score (nSPS) is 21.5. The highest BCUT2D eigenvalue weighted by Crippen LogP contribution is 2.52. The molecule has 0 radical (unpaired) electrons. The number of benzene rings is 1. The zero-order valence-corrected chi connectivity index (χ0v) is 18.5. The molecule has 0 amide bonds. The van der Waals surface area contributed by atoms with Gasteiger partial charge in [0.05, 0.1) is 25.2 Å². The van der Waals surface area contributed by atoms with Gasteiger partial charge in [0.25, 0.3) is 6.02 Å². The molecule has 0 saturated carbocycles. The van der Waals surface area contributed by atoms with Gasteiger partial charge in [0, 0.05) is 41.1 Å². The van der Waals surface area contributed by atoms with Crippen LogP contribution in [0.4, 0.5) is 4.39 Å². The molecule has 34 heavy (non-hydrogen) atoms. The van der Waals surface area contributed by atoms with Crippen molar-refractivity contribution in [1.29, 1.82) is 0 Å². The van der Waals surface area contributed by atoms with Crippen LogP contribution in [0.5, 0.6) is 11.6 Å². The third-order valence-corrected chi connectivity index (χ3v) is 6.36. The molecule has 3 aliphatic heterocycles. The maximum atomic E-state index is 14.5. The second kappa shape index (κ2) is 7.54.